The SMILES string of the molecule is CC[C@H](C)NC(=O)[C@H](C)N(Cc1ccccc1Cl)C(=O)CN(c1ccccc1)S(=O)(=O)c1ccc(OC)cc1. The van der Waals surface area contributed by atoms with E-state index in [2.05, 4.69) is 5.32 Å². The van der Waals surface area contributed by atoms with E-state index in [1.54, 1.807) is 73.7 Å². The van der Waals surface area contributed by atoms with Crippen molar-refractivity contribution in [2.24, 2.45) is 0 Å². The quantitative estimate of drug-likeness (QED) is 0.334. The van der Waals surface area contributed by atoms with Crippen LogP contribution in [0.3, 0.4) is 0 Å². The molecule has 2 amide bonds. The van der Waals surface area contributed by atoms with E-state index in [1.807, 2.05) is 13.8 Å². The van der Waals surface area contributed by atoms with Crippen molar-refractivity contribution in [2.45, 2.75) is 50.7 Å². The maximum absolute atomic E-state index is 13.9. The molecule has 0 unspecified atom stereocenters. The molecular formula is C29H34ClN3O5S. The molecule has 0 saturated heterocycles. The highest BCUT2D eigenvalue weighted by atomic mass is 35.5. The second kappa shape index (κ2) is 13.5. The molecule has 2 atom stereocenters. The highest BCUT2D eigenvalue weighted by Crippen LogP contribution is 2.26. The van der Waals surface area contributed by atoms with Crippen molar-refractivity contribution >= 4 is 39.1 Å². The van der Waals surface area contributed by atoms with Gasteiger partial charge in [-0.25, -0.2) is 8.42 Å². The molecule has 0 aliphatic heterocycles. The van der Waals surface area contributed by atoms with E-state index in [0.717, 1.165) is 10.7 Å². The van der Waals surface area contributed by atoms with Gasteiger partial charge < -0.3 is 15.0 Å². The van der Waals surface area contributed by atoms with Crippen LogP contribution in [0.15, 0.2) is 83.8 Å². The summed E-state index contributed by atoms with van der Waals surface area (Å²) in [7, 11) is -2.66. The van der Waals surface area contributed by atoms with Crippen LogP contribution >= 0.6 is 11.6 Å². The number of methoxy groups -OCH3 is 1. The van der Waals surface area contributed by atoms with Crippen LogP contribution in [-0.2, 0) is 26.2 Å². The summed E-state index contributed by atoms with van der Waals surface area (Å²) in [5.74, 6) is -0.389. The third-order valence-electron chi connectivity index (χ3n) is 6.44. The van der Waals surface area contributed by atoms with Gasteiger partial charge in [-0.15, -0.1) is 0 Å². The van der Waals surface area contributed by atoms with Gasteiger partial charge in [-0.1, -0.05) is 54.9 Å². The number of hydrogen-bond donors (Lipinski definition) is 1. The van der Waals surface area contributed by atoms with Crippen molar-refractivity contribution in [3.8, 4) is 5.75 Å². The summed E-state index contributed by atoms with van der Waals surface area (Å²) in [5.41, 5.74) is 0.955. The minimum atomic E-state index is -4.15. The second-order valence-electron chi connectivity index (χ2n) is 9.13. The van der Waals surface area contributed by atoms with Crippen LogP contribution in [0.2, 0.25) is 5.02 Å². The summed E-state index contributed by atoms with van der Waals surface area (Å²) < 4.78 is 33.8. The lowest BCUT2D eigenvalue weighted by Gasteiger charge is -2.32. The van der Waals surface area contributed by atoms with Gasteiger partial charge in [-0.3, -0.25) is 13.9 Å². The fourth-order valence-electron chi connectivity index (χ4n) is 3.86. The Morgan fingerprint density at radius 3 is 2.15 bits per heavy atom. The summed E-state index contributed by atoms with van der Waals surface area (Å²) >= 11 is 6.39. The summed E-state index contributed by atoms with van der Waals surface area (Å²) in [6.45, 7) is 4.95. The van der Waals surface area contributed by atoms with E-state index >= 15 is 0 Å². The normalized spacial score (nSPS) is 12.7. The number of ether oxygens (including phenoxy) is 1. The highest BCUT2D eigenvalue weighted by molar-refractivity contribution is 7.92. The predicted molar refractivity (Wildman–Crippen MR) is 153 cm³/mol. The molecule has 0 saturated carbocycles. The Morgan fingerprint density at radius 2 is 1.56 bits per heavy atom. The molecule has 0 fully saturated rings. The Hall–Kier alpha value is -3.56. The Bertz CT molecular complexity index is 1370. The monoisotopic (exact) mass is 571 g/mol. The van der Waals surface area contributed by atoms with E-state index in [1.165, 1.54) is 24.1 Å². The van der Waals surface area contributed by atoms with Crippen LogP contribution < -0.4 is 14.4 Å². The number of anilines is 1. The van der Waals surface area contributed by atoms with E-state index in [9.17, 15) is 18.0 Å². The lowest BCUT2D eigenvalue weighted by Crippen LogP contribution is -2.52. The third kappa shape index (κ3) is 7.52. The number of carbonyl (C=O) groups excluding carboxylic acids is 2. The molecule has 0 aromatic heterocycles. The minimum Gasteiger partial charge on any atom is -0.497 e. The zero-order chi connectivity index (χ0) is 28.6. The summed E-state index contributed by atoms with van der Waals surface area (Å²) in [6.07, 6.45) is 0.721. The van der Waals surface area contributed by atoms with Gasteiger partial charge >= 0.3 is 0 Å². The fraction of sp³-hybridized carbons (Fsp3) is 0.310. The van der Waals surface area contributed by atoms with E-state index in [0.29, 0.717) is 22.0 Å². The summed E-state index contributed by atoms with van der Waals surface area (Å²) in [6, 6.07) is 20.4. The summed E-state index contributed by atoms with van der Waals surface area (Å²) in [4.78, 5) is 28.3. The van der Waals surface area contributed by atoms with Gasteiger partial charge in [0.05, 0.1) is 17.7 Å². The van der Waals surface area contributed by atoms with Gasteiger partial charge in [0.1, 0.15) is 18.3 Å². The number of sulfonamides is 1. The zero-order valence-corrected chi connectivity index (χ0v) is 24.1. The molecule has 0 spiro atoms. The molecule has 3 aromatic carbocycles. The lowest BCUT2D eigenvalue weighted by molar-refractivity contribution is -0.139. The Balaban J connectivity index is 2.01. The van der Waals surface area contributed by atoms with Gasteiger partial charge in [0.15, 0.2) is 0 Å². The lowest BCUT2D eigenvalue weighted by atomic mass is 10.1. The van der Waals surface area contributed by atoms with Crippen LogP contribution in [0.5, 0.6) is 5.75 Å². The number of hydrogen-bond acceptors (Lipinski definition) is 5. The molecule has 0 heterocycles. The molecule has 39 heavy (non-hydrogen) atoms. The predicted octanol–water partition coefficient (Wildman–Crippen LogP) is 4.88. The maximum atomic E-state index is 13.9. The Morgan fingerprint density at radius 1 is 0.949 bits per heavy atom. The third-order valence-corrected chi connectivity index (χ3v) is 8.59. The number of amides is 2. The number of halogens is 1. The minimum absolute atomic E-state index is 0.000156. The molecule has 0 aliphatic carbocycles. The maximum Gasteiger partial charge on any atom is 0.264 e. The molecular weight excluding hydrogens is 538 g/mol. The zero-order valence-electron chi connectivity index (χ0n) is 22.5. The van der Waals surface area contributed by atoms with E-state index in [-0.39, 0.29) is 23.4 Å². The molecule has 0 aliphatic rings. The Labute approximate surface area is 235 Å². The topological polar surface area (TPSA) is 96.0 Å². The number of para-hydroxylation sites is 1. The van der Waals surface area contributed by atoms with Crippen LogP contribution in [0, 0.1) is 0 Å². The van der Waals surface area contributed by atoms with Crippen LogP contribution in [-0.4, -0.2) is 50.9 Å². The van der Waals surface area contributed by atoms with Gasteiger partial charge in [-0.2, -0.15) is 0 Å². The molecule has 3 aromatic rings. The molecule has 208 valence electrons. The van der Waals surface area contributed by atoms with Crippen LogP contribution in [0.4, 0.5) is 5.69 Å². The van der Waals surface area contributed by atoms with Gasteiger partial charge in [0, 0.05) is 17.6 Å². The standard InChI is InChI=1S/C29H34ClN3O5S/c1-5-21(2)31-29(35)22(3)32(19-23-11-9-10-14-27(23)30)28(34)20-33(24-12-7-6-8-13-24)39(36,37)26-17-15-25(38-4)16-18-26/h6-18,21-22H,5,19-20H2,1-4H3,(H,31,35)/t21-,22-/m0/s1. The van der Waals surface area contributed by atoms with Gasteiger partial charge in [0.2, 0.25) is 11.8 Å². The van der Waals surface area contributed by atoms with Crippen molar-refractivity contribution < 1.29 is 22.7 Å². The van der Waals surface area contributed by atoms with Crippen LogP contribution in [0.1, 0.15) is 32.8 Å². The first kappa shape index (κ1) is 30.0. The summed E-state index contributed by atoms with van der Waals surface area (Å²) in [5, 5.41) is 3.35. The second-order valence-corrected chi connectivity index (χ2v) is 11.4. The molecule has 0 radical (unpaired) electrons. The molecule has 1 N–H and O–H groups in total. The highest BCUT2D eigenvalue weighted by Gasteiger charge is 2.33. The van der Waals surface area contributed by atoms with Gasteiger partial charge in [0.25, 0.3) is 10.0 Å². The largest absolute Gasteiger partial charge is 0.497 e. The molecule has 0 bridgehead atoms. The number of nitrogens with zero attached hydrogens (tertiary/aromatic N) is 2. The smallest absolute Gasteiger partial charge is 0.264 e. The average molecular weight is 572 g/mol. The van der Waals surface area contributed by atoms with Gasteiger partial charge in [-0.05, 0) is 68.3 Å². The number of nitrogens with one attached hydrogen (secondary N) is 1. The van der Waals surface area contributed by atoms with Crippen molar-refractivity contribution in [1.82, 2.24) is 10.2 Å². The van der Waals surface area contributed by atoms with Crippen molar-refractivity contribution in [1.29, 1.82) is 0 Å². The first-order valence-electron chi connectivity index (χ1n) is 12.6. The molecule has 10 heteroatoms. The van der Waals surface area contributed by atoms with Crippen molar-refractivity contribution in [2.75, 3.05) is 18.0 Å². The first-order chi connectivity index (χ1) is 18.6. The first-order valence-corrected chi connectivity index (χ1v) is 14.4. The number of benzene rings is 3. The fourth-order valence-corrected chi connectivity index (χ4v) is 5.47. The van der Waals surface area contributed by atoms with E-state index < -0.39 is 28.5 Å². The average Bonchev–Trinajstić information content (AvgIpc) is 2.95. The van der Waals surface area contributed by atoms with Crippen LogP contribution in [0.25, 0.3) is 0 Å². The molecule has 8 nitrogen and oxygen atoms in total. The molecule has 3 rings (SSSR count). The number of rotatable bonds is 12. The Kier molecular flexibility index (Phi) is 10.4. The van der Waals surface area contributed by atoms with Crippen molar-refractivity contribution in [3.05, 3.63) is 89.4 Å². The number of carbonyl (C=O) groups is 2. The van der Waals surface area contributed by atoms with E-state index in [4.69, 9.17) is 16.3 Å². The van der Waals surface area contributed by atoms with Crippen molar-refractivity contribution in [3.63, 3.8) is 0 Å².